The zero-order valence-corrected chi connectivity index (χ0v) is 8.63. The summed E-state index contributed by atoms with van der Waals surface area (Å²) in [5.41, 5.74) is 0.833. The van der Waals surface area contributed by atoms with Crippen molar-refractivity contribution in [3.05, 3.63) is 12.3 Å². The van der Waals surface area contributed by atoms with Crippen LogP contribution >= 0.6 is 0 Å². The molecule has 0 saturated heterocycles. The van der Waals surface area contributed by atoms with Gasteiger partial charge in [0.15, 0.2) is 0 Å². The van der Waals surface area contributed by atoms with Crippen LogP contribution < -0.4 is 5.32 Å². The molecule has 3 heteroatoms. The van der Waals surface area contributed by atoms with E-state index in [0.29, 0.717) is 5.92 Å². The fourth-order valence-corrected chi connectivity index (χ4v) is 1.31. The minimum Gasteiger partial charge on any atom is -0.481 e. The number of allylic oxidation sites excluding steroid dienone is 1. The number of carbonyl (C=O) groups is 1. The first kappa shape index (κ1) is 12.0. The largest absolute Gasteiger partial charge is 0.481 e. The van der Waals surface area contributed by atoms with Gasteiger partial charge in [0.1, 0.15) is 0 Å². The summed E-state index contributed by atoms with van der Waals surface area (Å²) >= 11 is 0. The molecule has 76 valence electrons. The van der Waals surface area contributed by atoms with Gasteiger partial charge >= 0.3 is 5.97 Å². The molecule has 0 bridgehead atoms. The molecular weight excluding hydrogens is 166 g/mol. The average Bonchev–Trinajstić information content (AvgIpc) is 1.99. The monoisotopic (exact) mass is 185 g/mol. The average molecular weight is 185 g/mol. The van der Waals surface area contributed by atoms with E-state index >= 15 is 0 Å². The van der Waals surface area contributed by atoms with Crippen LogP contribution in [0.1, 0.15) is 27.2 Å². The molecular formula is C10H19NO2. The maximum atomic E-state index is 10.6. The third-order valence-corrected chi connectivity index (χ3v) is 2.05. The summed E-state index contributed by atoms with van der Waals surface area (Å²) in [6.45, 7) is 10.6. The molecule has 0 spiro atoms. The molecule has 0 aromatic carbocycles. The first-order valence-corrected chi connectivity index (χ1v) is 4.63. The highest BCUT2D eigenvalue weighted by atomic mass is 16.4. The van der Waals surface area contributed by atoms with Crippen molar-refractivity contribution in [3.63, 3.8) is 0 Å². The fraction of sp³-hybridized carbons (Fsp3) is 0.700. The predicted octanol–water partition coefficient (Wildman–Crippen LogP) is 1.86. The van der Waals surface area contributed by atoms with Crippen LogP contribution in [0.4, 0.5) is 0 Å². The second-order valence-electron chi connectivity index (χ2n) is 3.50. The molecule has 0 amide bonds. The van der Waals surface area contributed by atoms with Crippen LogP contribution in [-0.2, 0) is 4.79 Å². The standard InChI is InChI=1S/C10H19NO2/c1-5-11-8(4)9(7(2)3)6-10(12)13/h7,9,11H,4-6H2,1-3H3,(H,12,13). The van der Waals surface area contributed by atoms with Crippen LogP contribution in [-0.4, -0.2) is 17.6 Å². The van der Waals surface area contributed by atoms with E-state index in [2.05, 4.69) is 11.9 Å². The zero-order valence-electron chi connectivity index (χ0n) is 8.63. The van der Waals surface area contributed by atoms with E-state index in [9.17, 15) is 4.79 Å². The third-order valence-electron chi connectivity index (χ3n) is 2.05. The van der Waals surface area contributed by atoms with E-state index in [-0.39, 0.29) is 12.3 Å². The highest BCUT2D eigenvalue weighted by Crippen LogP contribution is 2.20. The van der Waals surface area contributed by atoms with Gasteiger partial charge < -0.3 is 10.4 Å². The van der Waals surface area contributed by atoms with Gasteiger partial charge in [-0.25, -0.2) is 0 Å². The lowest BCUT2D eigenvalue weighted by atomic mass is 9.90. The summed E-state index contributed by atoms with van der Waals surface area (Å²) < 4.78 is 0. The summed E-state index contributed by atoms with van der Waals surface area (Å²) in [5, 5.41) is 11.8. The maximum Gasteiger partial charge on any atom is 0.304 e. The molecule has 0 aliphatic rings. The van der Waals surface area contributed by atoms with Gasteiger partial charge in [0.05, 0.1) is 6.42 Å². The SMILES string of the molecule is C=C(NCC)C(CC(=O)O)C(C)C. The molecule has 0 aliphatic carbocycles. The number of aliphatic carboxylic acids is 1. The van der Waals surface area contributed by atoms with Crippen LogP contribution in [0, 0.1) is 11.8 Å². The second kappa shape index (κ2) is 5.62. The Kier molecular flexibility index (Phi) is 5.19. The van der Waals surface area contributed by atoms with Crippen LogP contribution in [0.2, 0.25) is 0 Å². The molecule has 0 aromatic rings. The Morgan fingerprint density at radius 1 is 1.54 bits per heavy atom. The van der Waals surface area contributed by atoms with Crippen molar-refractivity contribution >= 4 is 5.97 Å². The van der Waals surface area contributed by atoms with Crippen LogP contribution in [0.25, 0.3) is 0 Å². The zero-order chi connectivity index (χ0) is 10.4. The van der Waals surface area contributed by atoms with E-state index in [0.717, 1.165) is 12.2 Å². The normalized spacial score (nSPS) is 12.6. The molecule has 0 heterocycles. The first-order valence-electron chi connectivity index (χ1n) is 4.63. The molecule has 0 aliphatic heterocycles. The lowest BCUT2D eigenvalue weighted by Crippen LogP contribution is -2.25. The second-order valence-corrected chi connectivity index (χ2v) is 3.50. The van der Waals surface area contributed by atoms with Crippen LogP contribution in [0.3, 0.4) is 0 Å². The molecule has 1 unspecified atom stereocenters. The van der Waals surface area contributed by atoms with Crippen molar-refractivity contribution in [1.82, 2.24) is 5.32 Å². The minimum absolute atomic E-state index is 0.0254. The van der Waals surface area contributed by atoms with Gasteiger partial charge in [0.2, 0.25) is 0 Å². The number of hydrogen-bond donors (Lipinski definition) is 2. The summed E-state index contributed by atoms with van der Waals surface area (Å²) in [5.74, 6) is -0.433. The molecule has 0 radical (unpaired) electrons. The number of hydrogen-bond acceptors (Lipinski definition) is 2. The molecule has 3 nitrogen and oxygen atoms in total. The highest BCUT2D eigenvalue weighted by Gasteiger charge is 2.19. The Bertz CT molecular complexity index is 187. The van der Waals surface area contributed by atoms with Gasteiger partial charge in [0.25, 0.3) is 0 Å². The van der Waals surface area contributed by atoms with Crippen molar-refractivity contribution in [2.75, 3.05) is 6.54 Å². The fourth-order valence-electron chi connectivity index (χ4n) is 1.31. The van der Waals surface area contributed by atoms with Crippen LogP contribution in [0.5, 0.6) is 0 Å². The summed E-state index contributed by atoms with van der Waals surface area (Å²) in [4.78, 5) is 10.6. The topological polar surface area (TPSA) is 49.3 Å². The Morgan fingerprint density at radius 2 is 2.08 bits per heavy atom. The number of rotatable bonds is 6. The van der Waals surface area contributed by atoms with Crippen molar-refractivity contribution in [3.8, 4) is 0 Å². The molecule has 2 N–H and O–H groups in total. The van der Waals surface area contributed by atoms with Crippen molar-refractivity contribution in [2.24, 2.45) is 11.8 Å². The van der Waals surface area contributed by atoms with Gasteiger partial charge in [0, 0.05) is 18.2 Å². The van der Waals surface area contributed by atoms with E-state index in [1.807, 2.05) is 20.8 Å². The van der Waals surface area contributed by atoms with E-state index < -0.39 is 5.97 Å². The van der Waals surface area contributed by atoms with E-state index in [1.54, 1.807) is 0 Å². The van der Waals surface area contributed by atoms with Gasteiger partial charge in [-0.1, -0.05) is 20.4 Å². The highest BCUT2D eigenvalue weighted by molar-refractivity contribution is 5.67. The molecule has 13 heavy (non-hydrogen) atoms. The van der Waals surface area contributed by atoms with Gasteiger partial charge in [-0.15, -0.1) is 0 Å². The number of carboxylic acid groups (broad SMARTS) is 1. The van der Waals surface area contributed by atoms with Gasteiger partial charge in [-0.05, 0) is 12.8 Å². The number of carboxylic acids is 1. The quantitative estimate of drug-likeness (QED) is 0.664. The maximum absolute atomic E-state index is 10.6. The molecule has 0 fully saturated rings. The van der Waals surface area contributed by atoms with E-state index in [1.165, 1.54) is 0 Å². The smallest absolute Gasteiger partial charge is 0.304 e. The predicted molar refractivity (Wildman–Crippen MR) is 53.4 cm³/mol. The Balaban J connectivity index is 4.24. The first-order chi connectivity index (χ1) is 5.99. The Hall–Kier alpha value is -0.990. The van der Waals surface area contributed by atoms with Crippen molar-refractivity contribution in [1.29, 1.82) is 0 Å². The van der Waals surface area contributed by atoms with Crippen LogP contribution in [0.15, 0.2) is 12.3 Å². The molecule has 0 aromatic heterocycles. The molecule has 0 saturated carbocycles. The summed E-state index contributed by atoms with van der Waals surface area (Å²) in [6, 6.07) is 0. The van der Waals surface area contributed by atoms with Crippen molar-refractivity contribution < 1.29 is 9.90 Å². The lowest BCUT2D eigenvalue weighted by Gasteiger charge is -2.22. The third kappa shape index (κ3) is 4.55. The van der Waals surface area contributed by atoms with Gasteiger partial charge in [-0.3, -0.25) is 4.79 Å². The van der Waals surface area contributed by atoms with Gasteiger partial charge in [-0.2, -0.15) is 0 Å². The minimum atomic E-state index is -0.766. The summed E-state index contributed by atoms with van der Waals surface area (Å²) in [7, 11) is 0. The Morgan fingerprint density at radius 3 is 2.38 bits per heavy atom. The van der Waals surface area contributed by atoms with E-state index in [4.69, 9.17) is 5.11 Å². The number of nitrogens with one attached hydrogen (secondary N) is 1. The van der Waals surface area contributed by atoms with Crippen molar-refractivity contribution in [2.45, 2.75) is 27.2 Å². The summed E-state index contributed by atoms with van der Waals surface area (Å²) in [6.07, 6.45) is 0.156. The Labute approximate surface area is 79.8 Å². The molecule has 1 atom stereocenters. The lowest BCUT2D eigenvalue weighted by molar-refractivity contribution is -0.138. The molecule has 0 rings (SSSR count).